The van der Waals surface area contributed by atoms with Gasteiger partial charge in [-0.2, -0.15) is 39.5 Å². The predicted octanol–water partition coefficient (Wildman–Crippen LogP) is 9.76. The Bertz CT molecular complexity index is 1780. The second-order valence-corrected chi connectivity index (χ2v) is 9.79. The van der Waals surface area contributed by atoms with Gasteiger partial charge in [0, 0.05) is 21.2 Å². The number of rotatable bonds is 6. The van der Waals surface area contributed by atoms with Crippen molar-refractivity contribution in [2.24, 2.45) is 0 Å². The number of alkyl halides is 9. The zero-order valence-electron chi connectivity index (χ0n) is 29.4. The lowest BCUT2D eigenvalue weighted by Crippen LogP contribution is -2.32. The minimum Gasteiger partial charge on any atom is -0.496 e. The molecule has 44 heavy (non-hydrogen) atoms. The van der Waals surface area contributed by atoms with E-state index in [0.717, 1.165) is 20.1 Å². The van der Waals surface area contributed by atoms with Crippen LogP contribution >= 0.6 is 0 Å². The molecule has 0 bridgehead atoms. The molecule has 1 aliphatic heterocycles. The second kappa shape index (κ2) is 11.5. The van der Waals surface area contributed by atoms with E-state index >= 15 is 4.39 Å². The lowest BCUT2D eigenvalue weighted by atomic mass is 9.94. The Morgan fingerprint density at radius 2 is 1.48 bits per heavy atom. The van der Waals surface area contributed by atoms with Crippen LogP contribution in [0.15, 0.2) is 48.5 Å². The quantitative estimate of drug-likeness (QED) is 0.152. The van der Waals surface area contributed by atoms with Gasteiger partial charge in [0.25, 0.3) is 0 Å². The van der Waals surface area contributed by atoms with E-state index in [0.29, 0.717) is 41.3 Å². The summed E-state index contributed by atoms with van der Waals surface area (Å²) in [7, 11) is 0.984. The van der Waals surface area contributed by atoms with Crippen molar-refractivity contribution >= 4 is 6.09 Å². The maximum atomic E-state index is 15.4. The van der Waals surface area contributed by atoms with Crippen molar-refractivity contribution < 1.29 is 67.8 Å². The average molecular weight is 651 g/mol. The Morgan fingerprint density at radius 3 is 2.00 bits per heavy atom. The molecule has 1 amide bonds. The van der Waals surface area contributed by atoms with Crippen LogP contribution in [0.4, 0.5) is 48.7 Å². The van der Waals surface area contributed by atoms with Crippen LogP contribution in [0.1, 0.15) is 75.6 Å². The molecule has 0 unspecified atom stereocenters. The van der Waals surface area contributed by atoms with Gasteiger partial charge in [0.05, 0.1) is 36.4 Å². The number of carbonyl (C=O) groups is 1. The minimum absolute atomic E-state index is 0.147. The van der Waals surface area contributed by atoms with Crippen molar-refractivity contribution in [1.29, 1.82) is 0 Å². The first kappa shape index (κ1) is 24.4. The molecule has 3 aromatic rings. The van der Waals surface area contributed by atoms with Crippen LogP contribution in [-0.4, -0.2) is 24.1 Å². The molecule has 4 nitrogen and oxygen atoms in total. The van der Waals surface area contributed by atoms with Crippen LogP contribution < -0.4 is 4.74 Å². The first-order chi connectivity index (χ1) is 23.0. The number of cyclic esters (lactones) is 1. The zero-order valence-corrected chi connectivity index (χ0v) is 22.4. The number of methoxy groups -OCH3 is 1. The summed E-state index contributed by atoms with van der Waals surface area (Å²) in [5, 5.41) is 0. The highest BCUT2D eigenvalue weighted by Crippen LogP contribution is 2.43. The van der Waals surface area contributed by atoms with Gasteiger partial charge in [-0.05, 0) is 71.5 Å². The molecule has 0 N–H and O–H groups in total. The van der Waals surface area contributed by atoms with E-state index in [9.17, 15) is 44.3 Å². The lowest BCUT2D eigenvalue weighted by Gasteiger charge is -2.24. The molecule has 4 rings (SSSR count). The van der Waals surface area contributed by atoms with Gasteiger partial charge in [-0.3, -0.25) is 4.90 Å². The van der Waals surface area contributed by atoms with Crippen LogP contribution in [0, 0.1) is 5.82 Å². The van der Waals surface area contributed by atoms with Crippen molar-refractivity contribution in [2.75, 3.05) is 7.11 Å². The van der Waals surface area contributed by atoms with Crippen molar-refractivity contribution in [3.8, 4) is 16.9 Å². The van der Waals surface area contributed by atoms with Gasteiger partial charge < -0.3 is 9.47 Å². The molecule has 3 aromatic carbocycles. The van der Waals surface area contributed by atoms with Crippen LogP contribution in [-0.2, 0) is 29.8 Å². The molecule has 1 fully saturated rings. The number of hydrogen-bond acceptors (Lipinski definition) is 3. The highest BCUT2D eigenvalue weighted by molar-refractivity contribution is 5.76. The number of carbonyl (C=O) groups excluding carboxylic acids is 1. The van der Waals surface area contributed by atoms with Crippen LogP contribution in [0.25, 0.3) is 11.1 Å². The highest BCUT2D eigenvalue weighted by Gasteiger charge is 2.44. The standard InChI is InChI=1S/C30H25F10NO3/c1-14(2)22-11-23(25(43-4)12-24(22)31)21-6-5-18(28(32,33)34)9-17(21)13-41-15(3)26(44-27(41)42)16-7-19(29(35,36)37)10-20(8-16)30(38,39)40/h5-12,14-15,26H,13H2,1-4H3/t15-,26-/m0/s1/i1+1D3,2+1D3,3+1,14D,15+1,26+1,41+1. The molecule has 0 spiro atoms. The van der Waals surface area contributed by atoms with E-state index in [4.69, 9.17) is 19.1 Å². The fraction of sp³-hybridized carbons (Fsp3) is 0.367. The number of halogens is 10. The summed E-state index contributed by atoms with van der Waals surface area (Å²) in [5.41, 5.74) is -7.89. The molecule has 1 saturated heterocycles. The molecule has 2 atom stereocenters. The maximum absolute atomic E-state index is 15.4. The third-order valence-corrected chi connectivity index (χ3v) is 6.95. The Morgan fingerprint density at radius 1 is 0.886 bits per heavy atom. The second-order valence-electron chi connectivity index (χ2n) is 9.79. The van der Waals surface area contributed by atoms with Crippen LogP contribution in [0.3, 0.4) is 0 Å². The molecule has 1 aliphatic rings. The van der Waals surface area contributed by atoms with E-state index in [1.807, 2.05) is 0 Å². The topological polar surface area (TPSA) is 38.8 Å². The Hall–Kier alpha value is -3.97. The SMILES string of the molecule is [2H]C(c1cc(-c2ccc(C(F)(F)F)cc2C[15N]2C(=O)O[13C@H](c3cc(C(F)(F)F)cc(C(F)(F)F)c3)[13C@@H]2[13CH3])c(OC)cc1F)([13C]([2H])([2H])[2H])[13C]([2H])([2H])[2H]. The molecule has 0 saturated carbocycles. The first-order valence-electron chi connectivity index (χ1n) is 15.9. The summed E-state index contributed by atoms with van der Waals surface area (Å²) in [6.07, 6.45) is -18.7. The van der Waals surface area contributed by atoms with E-state index < -0.39 is 113 Å². The molecule has 0 aliphatic carbocycles. The average Bonchev–Trinajstić information content (AvgIpc) is 3.26. The van der Waals surface area contributed by atoms with Gasteiger partial charge in [0.2, 0.25) is 0 Å². The Kier molecular flexibility index (Phi) is 6.37. The Balaban J connectivity index is 1.90. The summed E-state index contributed by atoms with van der Waals surface area (Å²) in [6, 6.07) is 2.07. The first-order valence-corrected chi connectivity index (χ1v) is 12.4. The van der Waals surface area contributed by atoms with Crippen molar-refractivity contribution in [1.82, 2.24) is 4.90 Å². The normalized spacial score (nSPS) is 21.0. The van der Waals surface area contributed by atoms with Gasteiger partial charge in [0.15, 0.2) is 0 Å². The van der Waals surface area contributed by atoms with Gasteiger partial charge >= 0.3 is 24.6 Å². The van der Waals surface area contributed by atoms with Crippen molar-refractivity contribution in [3.63, 3.8) is 0 Å². The van der Waals surface area contributed by atoms with Crippen molar-refractivity contribution in [3.05, 3.63) is 87.7 Å². The molecule has 1 heterocycles. The maximum Gasteiger partial charge on any atom is 0.416 e. The minimum atomic E-state index is -5.25. The summed E-state index contributed by atoms with van der Waals surface area (Å²) in [6.45, 7) is -7.10. The summed E-state index contributed by atoms with van der Waals surface area (Å²) in [4.78, 5) is 13.8. The summed E-state index contributed by atoms with van der Waals surface area (Å²) >= 11 is 0. The van der Waals surface area contributed by atoms with E-state index in [1.54, 1.807) is 0 Å². The molecular weight excluding hydrogens is 618 g/mol. The number of hydrogen-bond donors (Lipinski definition) is 0. The number of amides is 1. The molecular formula is C30H25F10NO3. The molecule has 0 aromatic heterocycles. The smallest absolute Gasteiger partial charge is 0.416 e. The molecule has 14 heteroatoms. The largest absolute Gasteiger partial charge is 0.496 e. The lowest BCUT2D eigenvalue weighted by molar-refractivity contribution is -0.143. The van der Waals surface area contributed by atoms with E-state index in [-0.39, 0.29) is 11.6 Å². The third-order valence-electron chi connectivity index (χ3n) is 6.95. The van der Waals surface area contributed by atoms with Gasteiger partial charge in [-0.25, -0.2) is 9.18 Å². The van der Waals surface area contributed by atoms with Gasteiger partial charge in [-0.15, -0.1) is 0 Å². The molecule has 0 radical (unpaired) electrons. The fourth-order valence-electron chi connectivity index (χ4n) is 4.78. The number of nitrogens with zero attached hydrogens (tertiary/aromatic N) is 1. The van der Waals surface area contributed by atoms with Crippen molar-refractivity contribution in [2.45, 2.75) is 63.7 Å². The highest BCUT2D eigenvalue weighted by atomic mass is 19.4. The van der Waals surface area contributed by atoms with E-state index in [1.165, 1.54) is 0 Å². The fourth-order valence-corrected chi connectivity index (χ4v) is 4.78. The monoisotopic (exact) mass is 650 g/mol. The van der Waals surface area contributed by atoms with Gasteiger partial charge in [0.1, 0.15) is 17.7 Å². The predicted molar refractivity (Wildman–Crippen MR) is 138 cm³/mol. The van der Waals surface area contributed by atoms with Crippen LogP contribution in [0.2, 0.25) is 0 Å². The van der Waals surface area contributed by atoms with E-state index in [2.05, 4.69) is 0 Å². The van der Waals surface area contributed by atoms with Gasteiger partial charge in [-0.1, -0.05) is 19.8 Å². The van der Waals surface area contributed by atoms with Crippen LogP contribution in [0.5, 0.6) is 5.75 Å². The number of benzene rings is 3. The third kappa shape index (κ3) is 6.58. The Labute approximate surface area is 255 Å². The summed E-state index contributed by atoms with van der Waals surface area (Å²) < 4.78 is 203. The summed E-state index contributed by atoms with van der Waals surface area (Å²) in [5.74, 6) is -5.61. The molecule has 238 valence electrons. The number of ether oxygens (including phenoxy) is 2. The zero-order chi connectivity index (χ0) is 38.9.